The van der Waals surface area contributed by atoms with Crippen LogP contribution in [0.5, 0.6) is 0 Å². The molecule has 0 heterocycles. The maximum atomic E-state index is 13.0. The zero-order valence-corrected chi connectivity index (χ0v) is 17.1. The van der Waals surface area contributed by atoms with E-state index < -0.39 is 10.0 Å². The Bertz CT molecular complexity index is 956. The number of halogens is 1. The molecule has 0 unspecified atom stereocenters. The highest BCUT2D eigenvalue weighted by atomic mass is 35.5. The fraction of sp³-hybridized carbons (Fsp3) is 0.350. The first-order valence-corrected chi connectivity index (χ1v) is 10.9. The molecule has 0 bridgehead atoms. The smallest absolute Gasteiger partial charge is 0.264 e. The first-order valence-electron chi connectivity index (χ1n) is 9.11. The molecule has 0 radical (unpaired) electrons. The second kappa shape index (κ2) is 8.51. The highest BCUT2D eigenvalue weighted by molar-refractivity contribution is 7.92. The lowest BCUT2D eigenvalue weighted by atomic mass is 9.93. The Balaban J connectivity index is 1.79. The van der Waals surface area contributed by atoms with Crippen LogP contribution in [0.1, 0.15) is 36.0 Å². The fourth-order valence-corrected chi connectivity index (χ4v) is 4.67. The zero-order valence-electron chi connectivity index (χ0n) is 15.5. The second-order valence-electron chi connectivity index (χ2n) is 6.96. The van der Waals surface area contributed by atoms with E-state index in [0.29, 0.717) is 36.4 Å². The van der Waals surface area contributed by atoms with Gasteiger partial charge in [0.1, 0.15) is 0 Å². The number of amides is 1. The van der Waals surface area contributed by atoms with Gasteiger partial charge in [0.05, 0.1) is 16.7 Å². The molecule has 1 fully saturated rings. The Kier molecular flexibility index (Phi) is 6.27. The third-order valence-corrected chi connectivity index (χ3v) is 6.97. The van der Waals surface area contributed by atoms with Crippen LogP contribution < -0.4 is 9.62 Å². The number of hydrogen-bond donors (Lipinski definition) is 2. The van der Waals surface area contributed by atoms with Gasteiger partial charge in [-0.3, -0.25) is 9.10 Å². The molecule has 0 spiro atoms. The Morgan fingerprint density at radius 2 is 1.79 bits per heavy atom. The molecule has 2 N–H and O–H groups in total. The van der Waals surface area contributed by atoms with E-state index in [1.165, 1.54) is 19.2 Å². The second-order valence-corrected chi connectivity index (χ2v) is 9.36. The molecule has 150 valence electrons. The number of aliphatic hydroxyl groups is 1. The van der Waals surface area contributed by atoms with Crippen LogP contribution in [0, 0.1) is 0 Å². The van der Waals surface area contributed by atoms with Crippen molar-refractivity contribution in [3.63, 3.8) is 0 Å². The minimum absolute atomic E-state index is 0.00898. The quantitative estimate of drug-likeness (QED) is 0.774. The molecule has 2 aromatic rings. The van der Waals surface area contributed by atoms with E-state index in [9.17, 15) is 18.3 Å². The molecule has 0 saturated heterocycles. The number of nitrogens with zero attached hydrogens (tertiary/aromatic N) is 1. The van der Waals surface area contributed by atoms with Crippen molar-refractivity contribution in [1.29, 1.82) is 0 Å². The minimum atomic E-state index is -3.84. The summed E-state index contributed by atoms with van der Waals surface area (Å²) >= 11 is 5.96. The summed E-state index contributed by atoms with van der Waals surface area (Å²) in [4.78, 5) is 12.6. The van der Waals surface area contributed by atoms with Gasteiger partial charge < -0.3 is 10.4 Å². The standard InChI is InChI=1S/C20H23ClN2O4S/c1-23(17-6-3-5-15(21)13-17)28(26,27)19-7-2-4-14(12-19)20(25)22-16-8-10-18(24)11-9-16/h2-7,12-13,16,18,24H,8-11H2,1H3,(H,22,25). The first kappa shape index (κ1) is 20.6. The molecular formula is C20H23ClN2O4S. The van der Waals surface area contributed by atoms with Crippen molar-refractivity contribution >= 4 is 33.2 Å². The van der Waals surface area contributed by atoms with Crippen LogP contribution in [0.2, 0.25) is 5.02 Å². The lowest BCUT2D eigenvalue weighted by Gasteiger charge is -2.26. The molecule has 28 heavy (non-hydrogen) atoms. The van der Waals surface area contributed by atoms with Crippen molar-refractivity contribution in [2.24, 2.45) is 0 Å². The van der Waals surface area contributed by atoms with E-state index in [0.717, 1.165) is 4.31 Å². The number of carbonyl (C=O) groups is 1. The number of anilines is 1. The molecule has 1 saturated carbocycles. The molecule has 0 aromatic heterocycles. The Morgan fingerprint density at radius 1 is 1.11 bits per heavy atom. The predicted molar refractivity (Wildman–Crippen MR) is 109 cm³/mol. The van der Waals surface area contributed by atoms with E-state index in [1.807, 2.05) is 0 Å². The first-order chi connectivity index (χ1) is 13.3. The van der Waals surface area contributed by atoms with E-state index >= 15 is 0 Å². The summed E-state index contributed by atoms with van der Waals surface area (Å²) in [7, 11) is -2.40. The van der Waals surface area contributed by atoms with Crippen molar-refractivity contribution in [2.75, 3.05) is 11.4 Å². The van der Waals surface area contributed by atoms with Gasteiger partial charge in [0.15, 0.2) is 0 Å². The number of hydrogen-bond acceptors (Lipinski definition) is 4. The van der Waals surface area contributed by atoms with Gasteiger partial charge in [0.25, 0.3) is 15.9 Å². The highest BCUT2D eigenvalue weighted by Crippen LogP contribution is 2.25. The summed E-state index contributed by atoms with van der Waals surface area (Å²) in [6, 6.07) is 12.5. The normalized spacial score (nSPS) is 19.8. The molecule has 3 rings (SSSR count). The minimum Gasteiger partial charge on any atom is -0.393 e. The summed E-state index contributed by atoms with van der Waals surface area (Å²) in [6.07, 6.45) is 2.43. The van der Waals surface area contributed by atoms with Crippen LogP contribution in [0.25, 0.3) is 0 Å². The van der Waals surface area contributed by atoms with Gasteiger partial charge in [-0.25, -0.2) is 8.42 Å². The van der Waals surface area contributed by atoms with E-state index in [-0.39, 0.29) is 28.5 Å². The molecule has 2 aromatic carbocycles. The van der Waals surface area contributed by atoms with Gasteiger partial charge in [-0.15, -0.1) is 0 Å². The third kappa shape index (κ3) is 4.66. The van der Waals surface area contributed by atoms with E-state index in [4.69, 9.17) is 11.6 Å². The largest absolute Gasteiger partial charge is 0.393 e. The SMILES string of the molecule is CN(c1cccc(Cl)c1)S(=O)(=O)c1cccc(C(=O)NC2CCC(O)CC2)c1. The number of benzene rings is 2. The molecule has 1 aliphatic rings. The van der Waals surface area contributed by atoms with Crippen molar-refractivity contribution in [2.45, 2.75) is 42.7 Å². The van der Waals surface area contributed by atoms with Crippen molar-refractivity contribution < 1.29 is 18.3 Å². The molecule has 0 atom stereocenters. The summed E-state index contributed by atoms with van der Waals surface area (Å²) in [5.74, 6) is -0.316. The van der Waals surface area contributed by atoms with Gasteiger partial charge >= 0.3 is 0 Å². The van der Waals surface area contributed by atoms with Crippen molar-refractivity contribution in [3.8, 4) is 0 Å². The highest BCUT2D eigenvalue weighted by Gasteiger charge is 2.24. The Morgan fingerprint density at radius 3 is 2.46 bits per heavy atom. The monoisotopic (exact) mass is 422 g/mol. The van der Waals surface area contributed by atoms with Crippen LogP contribution in [-0.2, 0) is 10.0 Å². The van der Waals surface area contributed by atoms with Crippen LogP contribution in [0.15, 0.2) is 53.4 Å². The molecule has 0 aliphatic heterocycles. The maximum absolute atomic E-state index is 13.0. The average molecular weight is 423 g/mol. The molecule has 1 aliphatic carbocycles. The molecule has 6 nitrogen and oxygen atoms in total. The fourth-order valence-electron chi connectivity index (χ4n) is 3.26. The predicted octanol–water partition coefficient (Wildman–Crippen LogP) is 3.20. The van der Waals surface area contributed by atoms with E-state index in [2.05, 4.69) is 5.32 Å². The summed E-state index contributed by atoms with van der Waals surface area (Å²) < 4.78 is 27.1. The average Bonchev–Trinajstić information content (AvgIpc) is 2.69. The zero-order chi connectivity index (χ0) is 20.3. The van der Waals surface area contributed by atoms with Crippen LogP contribution in [0.4, 0.5) is 5.69 Å². The lowest BCUT2D eigenvalue weighted by Crippen LogP contribution is -2.38. The van der Waals surface area contributed by atoms with Crippen LogP contribution in [-0.4, -0.2) is 38.6 Å². The summed E-state index contributed by atoms with van der Waals surface area (Å²) in [5.41, 5.74) is 0.717. The maximum Gasteiger partial charge on any atom is 0.264 e. The van der Waals surface area contributed by atoms with Gasteiger partial charge in [0.2, 0.25) is 0 Å². The number of aliphatic hydroxyl groups excluding tert-OH is 1. The van der Waals surface area contributed by atoms with Gasteiger partial charge in [-0.1, -0.05) is 23.7 Å². The van der Waals surface area contributed by atoms with Crippen molar-refractivity contribution in [1.82, 2.24) is 5.32 Å². The topological polar surface area (TPSA) is 86.7 Å². The van der Waals surface area contributed by atoms with Gasteiger partial charge in [0, 0.05) is 23.7 Å². The van der Waals surface area contributed by atoms with Gasteiger partial charge in [-0.2, -0.15) is 0 Å². The van der Waals surface area contributed by atoms with E-state index in [1.54, 1.807) is 36.4 Å². The van der Waals surface area contributed by atoms with Gasteiger partial charge in [-0.05, 0) is 62.1 Å². The van der Waals surface area contributed by atoms with Crippen molar-refractivity contribution in [3.05, 3.63) is 59.1 Å². The molecular weight excluding hydrogens is 400 g/mol. The summed E-state index contributed by atoms with van der Waals surface area (Å²) in [6.45, 7) is 0. The Labute approximate surface area is 170 Å². The lowest BCUT2D eigenvalue weighted by molar-refractivity contribution is 0.0867. The third-order valence-electron chi connectivity index (χ3n) is 4.96. The molecule has 8 heteroatoms. The van der Waals surface area contributed by atoms with Crippen LogP contribution in [0.3, 0.4) is 0 Å². The van der Waals surface area contributed by atoms with Crippen LogP contribution >= 0.6 is 11.6 Å². The number of carbonyl (C=O) groups excluding carboxylic acids is 1. The molecule has 1 amide bonds. The number of rotatable bonds is 5. The Hall–Kier alpha value is -2.09. The number of sulfonamides is 1. The number of nitrogens with one attached hydrogen (secondary N) is 1. The summed E-state index contributed by atoms with van der Waals surface area (Å²) in [5, 5.41) is 12.9.